The molecule has 0 aliphatic rings. The van der Waals surface area contributed by atoms with Crippen molar-refractivity contribution in [1.29, 1.82) is 0 Å². The maximum atomic E-state index is 13.3. The normalized spacial score (nSPS) is 14.1. The van der Waals surface area contributed by atoms with E-state index < -0.39 is 47.9 Å². The van der Waals surface area contributed by atoms with E-state index in [-0.39, 0.29) is 30.1 Å². The van der Waals surface area contributed by atoms with Crippen LogP contribution in [0, 0.1) is 0 Å². The van der Waals surface area contributed by atoms with Crippen LogP contribution < -0.4 is 21.7 Å². The smallest absolute Gasteiger partial charge is 0.327 e. The molecule has 0 fully saturated rings. The quantitative estimate of drug-likeness (QED) is 0.176. The van der Waals surface area contributed by atoms with Crippen molar-refractivity contribution in [2.75, 3.05) is 5.75 Å². The van der Waals surface area contributed by atoms with Crippen LogP contribution in [0.1, 0.15) is 18.1 Å². The molecule has 11 nitrogen and oxygen atoms in total. The van der Waals surface area contributed by atoms with E-state index in [9.17, 15) is 34.5 Å². The molecule has 4 atom stereocenters. The first-order chi connectivity index (χ1) is 17.0. The lowest BCUT2D eigenvalue weighted by Crippen LogP contribution is -2.58. The number of hydrogen-bond acceptors (Lipinski definition) is 8. The van der Waals surface area contributed by atoms with E-state index in [0.717, 1.165) is 0 Å². The molecule has 36 heavy (non-hydrogen) atoms. The first-order valence-electron chi connectivity index (χ1n) is 11.1. The van der Waals surface area contributed by atoms with Crippen molar-refractivity contribution in [1.82, 2.24) is 16.0 Å². The van der Waals surface area contributed by atoms with Crippen molar-refractivity contribution in [2.45, 2.75) is 43.9 Å². The molecular formula is C24H30N4O7S. The number of nitrogens with two attached hydrogens (primary N) is 1. The van der Waals surface area contributed by atoms with Gasteiger partial charge in [0.15, 0.2) is 0 Å². The van der Waals surface area contributed by atoms with E-state index in [0.29, 0.717) is 11.1 Å². The summed E-state index contributed by atoms with van der Waals surface area (Å²) in [5, 5.41) is 35.8. The van der Waals surface area contributed by atoms with Crippen LogP contribution in [0.3, 0.4) is 0 Å². The van der Waals surface area contributed by atoms with Gasteiger partial charge in [0.2, 0.25) is 17.7 Å². The summed E-state index contributed by atoms with van der Waals surface area (Å²) in [6, 6.07) is 7.45. The zero-order chi connectivity index (χ0) is 26.8. The van der Waals surface area contributed by atoms with Crippen molar-refractivity contribution in [3.8, 4) is 11.5 Å². The number of benzene rings is 2. The molecule has 0 radical (unpaired) electrons. The maximum Gasteiger partial charge on any atom is 0.327 e. The molecule has 0 saturated carbocycles. The molecule has 12 heteroatoms. The Morgan fingerprint density at radius 1 is 0.750 bits per heavy atom. The molecule has 2 aromatic carbocycles. The van der Waals surface area contributed by atoms with Crippen LogP contribution in [0.2, 0.25) is 0 Å². The summed E-state index contributed by atoms with van der Waals surface area (Å²) in [6.07, 6.45) is 0.0104. The highest BCUT2D eigenvalue weighted by atomic mass is 32.1. The van der Waals surface area contributed by atoms with Crippen LogP contribution in [0.25, 0.3) is 0 Å². The molecule has 194 valence electrons. The van der Waals surface area contributed by atoms with Crippen molar-refractivity contribution in [3.05, 3.63) is 59.7 Å². The van der Waals surface area contributed by atoms with Crippen LogP contribution in [-0.2, 0) is 32.0 Å². The molecule has 0 heterocycles. The minimum Gasteiger partial charge on any atom is -0.508 e. The first kappa shape index (κ1) is 28.5. The van der Waals surface area contributed by atoms with Crippen molar-refractivity contribution in [2.24, 2.45) is 5.73 Å². The number of hydrogen-bond donors (Lipinski definition) is 8. The van der Waals surface area contributed by atoms with E-state index in [2.05, 4.69) is 28.6 Å². The molecule has 2 rings (SSSR count). The number of phenols is 2. The molecule has 4 unspecified atom stereocenters. The van der Waals surface area contributed by atoms with Gasteiger partial charge in [-0.25, -0.2) is 4.79 Å². The average Bonchev–Trinajstić information content (AvgIpc) is 2.83. The van der Waals surface area contributed by atoms with E-state index in [1.807, 2.05) is 0 Å². The molecule has 0 bridgehead atoms. The molecule has 0 aliphatic heterocycles. The van der Waals surface area contributed by atoms with Crippen LogP contribution in [0.5, 0.6) is 11.5 Å². The second-order valence-electron chi connectivity index (χ2n) is 8.23. The Morgan fingerprint density at radius 3 is 1.44 bits per heavy atom. The molecule has 0 saturated heterocycles. The largest absolute Gasteiger partial charge is 0.508 e. The Hall–Kier alpha value is -3.77. The van der Waals surface area contributed by atoms with E-state index in [4.69, 9.17) is 5.73 Å². The minimum atomic E-state index is -1.29. The summed E-state index contributed by atoms with van der Waals surface area (Å²) in [5.74, 6) is -3.47. The maximum absolute atomic E-state index is 13.3. The minimum absolute atomic E-state index is 0.0115. The van der Waals surface area contributed by atoms with Gasteiger partial charge in [-0.1, -0.05) is 24.3 Å². The van der Waals surface area contributed by atoms with Gasteiger partial charge in [-0.15, -0.1) is 0 Å². The van der Waals surface area contributed by atoms with Gasteiger partial charge < -0.3 is 37.0 Å². The number of phenolic OH excluding ortho intramolecular Hbond substituents is 2. The van der Waals surface area contributed by atoms with Gasteiger partial charge in [-0.3, -0.25) is 14.4 Å². The van der Waals surface area contributed by atoms with Gasteiger partial charge in [-0.2, -0.15) is 12.6 Å². The van der Waals surface area contributed by atoms with E-state index >= 15 is 0 Å². The zero-order valence-electron chi connectivity index (χ0n) is 19.5. The van der Waals surface area contributed by atoms with E-state index in [1.54, 1.807) is 24.3 Å². The summed E-state index contributed by atoms with van der Waals surface area (Å²) < 4.78 is 0. The number of aromatic hydroxyl groups is 2. The Morgan fingerprint density at radius 2 is 1.11 bits per heavy atom. The average molecular weight is 519 g/mol. The third-order valence-electron chi connectivity index (χ3n) is 5.23. The monoisotopic (exact) mass is 518 g/mol. The SMILES string of the molecule is CC(N)C(=O)NC(Cc1ccc(O)cc1)C(=O)NC(Cc1ccc(O)cc1)C(=O)NC(CS)C(=O)O. The number of carboxylic acids is 1. The molecule has 0 spiro atoms. The summed E-state index contributed by atoms with van der Waals surface area (Å²) in [7, 11) is 0. The summed E-state index contributed by atoms with van der Waals surface area (Å²) in [6.45, 7) is 1.45. The third kappa shape index (κ3) is 8.78. The number of carbonyl (C=O) groups excluding carboxylic acids is 3. The van der Waals surface area contributed by atoms with Gasteiger partial charge in [-0.05, 0) is 42.3 Å². The predicted octanol–water partition coefficient (Wildman–Crippen LogP) is -0.301. The fraction of sp³-hybridized carbons (Fsp3) is 0.333. The first-order valence-corrected chi connectivity index (χ1v) is 11.7. The Labute approximate surface area is 213 Å². The number of aliphatic carboxylic acids is 1. The van der Waals surface area contributed by atoms with Gasteiger partial charge in [0.1, 0.15) is 29.6 Å². The highest BCUT2D eigenvalue weighted by Gasteiger charge is 2.30. The summed E-state index contributed by atoms with van der Waals surface area (Å²) >= 11 is 3.94. The number of nitrogens with one attached hydrogen (secondary N) is 3. The zero-order valence-corrected chi connectivity index (χ0v) is 20.4. The van der Waals surface area contributed by atoms with Crippen LogP contribution in [0.4, 0.5) is 0 Å². The van der Waals surface area contributed by atoms with Gasteiger partial charge in [0.05, 0.1) is 6.04 Å². The fourth-order valence-electron chi connectivity index (χ4n) is 3.19. The number of rotatable bonds is 12. The molecule has 2 aromatic rings. The number of carbonyl (C=O) groups is 4. The van der Waals surface area contributed by atoms with Crippen LogP contribution in [-0.4, -0.2) is 68.9 Å². The lowest BCUT2D eigenvalue weighted by molar-refractivity contribution is -0.141. The Bertz CT molecular complexity index is 1060. The molecule has 8 N–H and O–H groups in total. The number of thiol groups is 1. The van der Waals surface area contributed by atoms with Crippen LogP contribution >= 0.6 is 12.6 Å². The van der Waals surface area contributed by atoms with Gasteiger partial charge in [0, 0.05) is 18.6 Å². The second-order valence-corrected chi connectivity index (χ2v) is 8.60. The third-order valence-corrected chi connectivity index (χ3v) is 5.59. The lowest BCUT2D eigenvalue weighted by Gasteiger charge is -2.25. The second kappa shape index (κ2) is 13.4. The van der Waals surface area contributed by atoms with Gasteiger partial charge >= 0.3 is 5.97 Å². The summed E-state index contributed by atoms with van der Waals surface area (Å²) in [5.41, 5.74) is 6.84. The Kier molecular flexibility index (Phi) is 10.6. The highest BCUT2D eigenvalue weighted by Crippen LogP contribution is 2.14. The van der Waals surface area contributed by atoms with Crippen molar-refractivity contribution < 1.29 is 34.5 Å². The topological polar surface area (TPSA) is 191 Å². The fourth-order valence-corrected chi connectivity index (χ4v) is 3.43. The molecule has 0 aliphatic carbocycles. The molecular weight excluding hydrogens is 488 g/mol. The molecule has 0 aromatic heterocycles. The highest BCUT2D eigenvalue weighted by molar-refractivity contribution is 7.80. The number of carboxylic acid groups (broad SMARTS) is 1. The van der Waals surface area contributed by atoms with Gasteiger partial charge in [0.25, 0.3) is 0 Å². The van der Waals surface area contributed by atoms with Crippen molar-refractivity contribution in [3.63, 3.8) is 0 Å². The standard InChI is InChI=1S/C24H30N4O7S/c1-13(25)21(31)26-18(10-14-2-6-16(29)7-3-14)22(32)27-19(11-15-4-8-17(30)9-5-15)23(33)28-20(12-36)24(34)35/h2-9,13,18-20,29-30,36H,10-12,25H2,1H3,(H,26,31)(H,27,32)(H,28,33)(H,34,35). The predicted molar refractivity (Wildman–Crippen MR) is 135 cm³/mol. The molecule has 3 amide bonds. The van der Waals surface area contributed by atoms with E-state index in [1.165, 1.54) is 31.2 Å². The summed E-state index contributed by atoms with van der Waals surface area (Å²) in [4.78, 5) is 49.9. The number of amides is 3. The van der Waals surface area contributed by atoms with Crippen LogP contribution in [0.15, 0.2) is 48.5 Å². The van der Waals surface area contributed by atoms with Crippen molar-refractivity contribution >= 4 is 36.3 Å². The Balaban J connectivity index is 2.29. The lowest BCUT2D eigenvalue weighted by atomic mass is 10.0.